The molecule has 0 spiro atoms. The van der Waals surface area contributed by atoms with Crippen LogP contribution >= 0.6 is 0 Å². The molecule has 0 saturated heterocycles. The van der Waals surface area contributed by atoms with Gasteiger partial charge in [0.25, 0.3) is 0 Å². The third-order valence-corrected chi connectivity index (χ3v) is 13.6. The molecule has 4 fully saturated rings. The topological polar surface area (TPSA) is 52.6 Å². The Morgan fingerprint density at radius 2 is 1.53 bits per heavy atom. The molecule has 4 saturated carbocycles. The van der Waals surface area contributed by atoms with Gasteiger partial charge < -0.3 is 9.47 Å². The molecule has 0 aromatic carbocycles. The molecule has 8 atom stereocenters. The van der Waals surface area contributed by atoms with E-state index < -0.39 is 0 Å². The average molecular weight is 527 g/mol. The normalized spacial score (nSPS) is 45.5. The number of carbonyl (C=O) groups excluding carboxylic acids is 2. The smallest absolute Gasteiger partial charge is 0.302 e. The summed E-state index contributed by atoms with van der Waals surface area (Å²) in [6.07, 6.45) is 11.9. The zero-order valence-corrected chi connectivity index (χ0v) is 25.8. The summed E-state index contributed by atoms with van der Waals surface area (Å²) < 4.78 is 11.7. The summed E-state index contributed by atoms with van der Waals surface area (Å²) in [6.45, 7) is 21.1. The van der Waals surface area contributed by atoms with Crippen molar-refractivity contribution in [2.45, 2.75) is 133 Å². The lowest BCUT2D eigenvalue weighted by Crippen LogP contribution is -2.66. The molecular formula is C34H54O4. The quantitative estimate of drug-likeness (QED) is 0.273. The summed E-state index contributed by atoms with van der Waals surface area (Å²) in [4.78, 5) is 23.8. The minimum atomic E-state index is -0.140. The van der Waals surface area contributed by atoms with E-state index in [4.69, 9.17) is 9.47 Å². The molecule has 38 heavy (non-hydrogen) atoms. The van der Waals surface area contributed by atoms with Crippen LogP contribution in [0, 0.1) is 50.7 Å². The van der Waals surface area contributed by atoms with Crippen molar-refractivity contribution in [1.29, 1.82) is 0 Å². The number of allylic oxidation sites excluding steroid dienone is 1. The molecule has 4 nitrogen and oxygen atoms in total. The molecule has 5 aliphatic rings. The number of fused-ring (bicyclic) bond motifs is 7. The van der Waals surface area contributed by atoms with Crippen LogP contribution in [0.2, 0.25) is 0 Å². The van der Waals surface area contributed by atoms with Gasteiger partial charge in [0.1, 0.15) is 12.7 Å². The number of hydrogen-bond acceptors (Lipinski definition) is 4. The second kappa shape index (κ2) is 9.10. The summed E-state index contributed by atoms with van der Waals surface area (Å²) >= 11 is 0. The fourth-order valence-corrected chi connectivity index (χ4v) is 11.6. The maximum atomic E-state index is 11.9. The summed E-state index contributed by atoms with van der Waals surface area (Å²) in [5.74, 6) is 2.15. The van der Waals surface area contributed by atoms with E-state index in [1.165, 1.54) is 38.5 Å². The molecule has 214 valence electrons. The first kappa shape index (κ1) is 28.2. The van der Waals surface area contributed by atoms with Crippen molar-refractivity contribution in [2.24, 2.45) is 50.7 Å². The summed E-state index contributed by atoms with van der Waals surface area (Å²) in [7, 11) is 0. The van der Waals surface area contributed by atoms with Crippen LogP contribution in [-0.2, 0) is 19.1 Å². The first-order valence-corrected chi connectivity index (χ1v) is 15.7. The van der Waals surface area contributed by atoms with Crippen molar-refractivity contribution in [3.8, 4) is 0 Å². The largest absolute Gasteiger partial charge is 0.465 e. The fraction of sp³-hybridized carbons (Fsp3) is 0.882. The number of rotatable bonds is 4. The van der Waals surface area contributed by atoms with Gasteiger partial charge in [0.15, 0.2) is 0 Å². The minimum Gasteiger partial charge on any atom is -0.465 e. The number of esters is 2. The molecule has 0 aromatic heterocycles. The highest BCUT2D eigenvalue weighted by molar-refractivity contribution is 5.66. The van der Waals surface area contributed by atoms with Crippen molar-refractivity contribution in [3.05, 3.63) is 11.1 Å². The highest BCUT2D eigenvalue weighted by Gasteiger charge is 2.69. The maximum absolute atomic E-state index is 11.9. The average Bonchev–Trinajstić information content (AvgIpc) is 3.20. The van der Waals surface area contributed by atoms with Crippen LogP contribution in [0.15, 0.2) is 11.1 Å². The van der Waals surface area contributed by atoms with Crippen molar-refractivity contribution in [2.75, 3.05) is 6.61 Å². The van der Waals surface area contributed by atoms with Gasteiger partial charge in [-0.3, -0.25) is 9.59 Å². The molecule has 4 heteroatoms. The molecule has 0 unspecified atom stereocenters. The molecule has 5 aliphatic carbocycles. The molecule has 0 N–H and O–H groups in total. The van der Waals surface area contributed by atoms with Crippen LogP contribution in [0.5, 0.6) is 0 Å². The standard InChI is InChI=1S/C34H54O4/c1-21(2)24-12-17-34(20-37-22(3)35)19-18-32(8)25(29(24)34)10-11-27-31(7)15-14-28(38-23(4)36)30(5,6)26(31)13-16-33(27,32)9/h21,25-28H,10-20H2,1-9H3/t25-,26-,27+,28-,31+,32+,33-,34-/m0/s1. The highest BCUT2D eigenvalue weighted by atomic mass is 16.5. The zero-order valence-electron chi connectivity index (χ0n) is 25.8. The van der Waals surface area contributed by atoms with E-state index in [0.29, 0.717) is 30.3 Å². The second-order valence-corrected chi connectivity index (χ2v) is 15.7. The number of carbonyl (C=O) groups is 2. The van der Waals surface area contributed by atoms with Crippen LogP contribution in [0.4, 0.5) is 0 Å². The first-order chi connectivity index (χ1) is 17.6. The molecule has 5 rings (SSSR count). The van der Waals surface area contributed by atoms with E-state index in [0.717, 1.165) is 25.7 Å². The Morgan fingerprint density at radius 3 is 2.16 bits per heavy atom. The van der Waals surface area contributed by atoms with E-state index in [1.807, 2.05) is 0 Å². The molecule has 0 radical (unpaired) electrons. The number of hydrogen-bond donors (Lipinski definition) is 0. The van der Waals surface area contributed by atoms with Crippen LogP contribution in [-0.4, -0.2) is 24.6 Å². The first-order valence-electron chi connectivity index (χ1n) is 15.7. The Morgan fingerprint density at radius 1 is 0.816 bits per heavy atom. The molecular weight excluding hydrogens is 472 g/mol. The fourth-order valence-electron chi connectivity index (χ4n) is 11.6. The van der Waals surface area contributed by atoms with Gasteiger partial charge in [-0.1, -0.05) is 59.6 Å². The lowest BCUT2D eigenvalue weighted by molar-refractivity contribution is -0.233. The highest BCUT2D eigenvalue weighted by Crippen LogP contribution is 2.76. The lowest BCUT2D eigenvalue weighted by Gasteiger charge is -2.72. The van der Waals surface area contributed by atoms with E-state index in [-0.39, 0.29) is 45.1 Å². The van der Waals surface area contributed by atoms with Gasteiger partial charge in [-0.15, -0.1) is 0 Å². The third-order valence-electron chi connectivity index (χ3n) is 13.6. The van der Waals surface area contributed by atoms with Gasteiger partial charge in [-0.25, -0.2) is 0 Å². The number of ether oxygens (including phenoxy) is 2. The summed E-state index contributed by atoms with van der Waals surface area (Å²) in [6, 6.07) is 0. The van der Waals surface area contributed by atoms with E-state index >= 15 is 0 Å². The molecule has 0 amide bonds. The molecule has 0 aromatic rings. The minimum absolute atomic E-state index is 0.00228. The maximum Gasteiger partial charge on any atom is 0.302 e. The second-order valence-electron chi connectivity index (χ2n) is 15.7. The van der Waals surface area contributed by atoms with Crippen molar-refractivity contribution in [1.82, 2.24) is 0 Å². The Labute approximate surface area is 232 Å². The van der Waals surface area contributed by atoms with Crippen LogP contribution in [0.1, 0.15) is 127 Å². The molecule has 0 bridgehead atoms. The van der Waals surface area contributed by atoms with Gasteiger partial charge in [-0.2, -0.15) is 0 Å². The third kappa shape index (κ3) is 3.80. The van der Waals surface area contributed by atoms with Crippen molar-refractivity contribution >= 4 is 11.9 Å². The van der Waals surface area contributed by atoms with Crippen molar-refractivity contribution in [3.63, 3.8) is 0 Å². The van der Waals surface area contributed by atoms with E-state index in [9.17, 15) is 9.59 Å². The van der Waals surface area contributed by atoms with E-state index in [2.05, 4.69) is 48.5 Å². The zero-order chi connectivity index (χ0) is 27.9. The SMILES string of the molecule is CC(=O)OC[C@@]12CCC(C(C)C)=C1[C@@H]1CC[C@@H]3[C@]4(C)CC[C@H](OC(C)=O)C(C)(C)[C@@H]4CC[C@]3(C)[C@]1(C)CC2. The van der Waals surface area contributed by atoms with Crippen LogP contribution < -0.4 is 0 Å². The van der Waals surface area contributed by atoms with Gasteiger partial charge in [0, 0.05) is 24.7 Å². The Kier molecular flexibility index (Phi) is 6.76. The monoisotopic (exact) mass is 526 g/mol. The predicted octanol–water partition coefficient (Wildman–Crippen LogP) is 8.28. The van der Waals surface area contributed by atoms with Gasteiger partial charge in [0.05, 0.1) is 0 Å². The van der Waals surface area contributed by atoms with Gasteiger partial charge in [-0.05, 0) is 104 Å². The van der Waals surface area contributed by atoms with Gasteiger partial charge >= 0.3 is 11.9 Å². The van der Waals surface area contributed by atoms with Crippen molar-refractivity contribution < 1.29 is 19.1 Å². The van der Waals surface area contributed by atoms with Crippen LogP contribution in [0.3, 0.4) is 0 Å². The lowest BCUT2D eigenvalue weighted by atomic mass is 9.33. The summed E-state index contributed by atoms with van der Waals surface area (Å²) in [5.41, 5.74) is 4.29. The Hall–Kier alpha value is -1.32. The Bertz CT molecular complexity index is 1020. The Balaban J connectivity index is 1.52. The van der Waals surface area contributed by atoms with Gasteiger partial charge in [0.2, 0.25) is 0 Å². The molecule has 0 heterocycles. The van der Waals surface area contributed by atoms with Crippen LogP contribution in [0.25, 0.3) is 0 Å². The van der Waals surface area contributed by atoms with E-state index in [1.54, 1.807) is 25.0 Å². The molecule has 0 aliphatic heterocycles. The summed E-state index contributed by atoms with van der Waals surface area (Å²) in [5, 5.41) is 0. The predicted molar refractivity (Wildman–Crippen MR) is 151 cm³/mol.